The molecule has 2 aromatic carbocycles. The Morgan fingerprint density at radius 1 is 1.25 bits per heavy atom. The van der Waals surface area contributed by atoms with Gasteiger partial charge < -0.3 is 10.1 Å². The number of methoxy groups -OCH3 is 1. The molecule has 0 heterocycles. The molecule has 0 bridgehead atoms. The van der Waals surface area contributed by atoms with E-state index in [4.69, 9.17) is 10.00 Å². The molecule has 0 aliphatic rings. The van der Waals surface area contributed by atoms with Gasteiger partial charge in [-0.1, -0.05) is 15.9 Å². The first-order valence-corrected chi connectivity index (χ1v) is 7.00. The van der Waals surface area contributed by atoms with Crippen LogP contribution in [0.1, 0.15) is 16.7 Å². The lowest BCUT2D eigenvalue weighted by Gasteiger charge is -2.12. The number of hydrogen-bond donors (Lipinski definition) is 1. The molecule has 0 fully saturated rings. The fourth-order valence-corrected chi connectivity index (χ4v) is 2.63. The van der Waals surface area contributed by atoms with E-state index >= 15 is 0 Å². The average Bonchev–Trinajstić information content (AvgIpc) is 2.43. The predicted molar refractivity (Wildman–Crippen MR) is 83.9 cm³/mol. The lowest BCUT2D eigenvalue weighted by molar-refractivity contribution is 0.410. The Kier molecular flexibility index (Phi) is 4.65. The molecule has 1 N–H and O–H groups in total. The second-order valence-electron chi connectivity index (χ2n) is 4.51. The predicted octanol–water partition coefficient (Wildman–Crippen LogP) is 4.25. The molecule has 2 rings (SSSR count). The quantitative estimate of drug-likeness (QED) is 0.911. The monoisotopic (exact) mass is 330 g/mol. The van der Waals surface area contributed by atoms with Gasteiger partial charge in [-0.3, -0.25) is 0 Å². The van der Waals surface area contributed by atoms with Crippen LogP contribution in [0.25, 0.3) is 0 Å². The Morgan fingerprint density at radius 3 is 2.70 bits per heavy atom. The van der Waals surface area contributed by atoms with Gasteiger partial charge in [0.05, 0.1) is 18.7 Å². The minimum absolute atomic E-state index is 0.606. The first-order valence-electron chi connectivity index (χ1n) is 6.20. The van der Waals surface area contributed by atoms with Crippen molar-refractivity contribution in [2.75, 3.05) is 12.4 Å². The summed E-state index contributed by atoms with van der Waals surface area (Å²) in [5, 5.41) is 12.3. The zero-order valence-electron chi connectivity index (χ0n) is 11.4. The van der Waals surface area contributed by atoms with Crippen molar-refractivity contribution in [1.82, 2.24) is 0 Å². The van der Waals surface area contributed by atoms with Crippen molar-refractivity contribution in [3.63, 3.8) is 0 Å². The summed E-state index contributed by atoms with van der Waals surface area (Å²) >= 11 is 3.48. The van der Waals surface area contributed by atoms with Gasteiger partial charge in [-0.15, -0.1) is 0 Å². The lowest BCUT2D eigenvalue weighted by atomic mass is 10.1. The number of ether oxygens (including phenoxy) is 1. The molecule has 0 aliphatic carbocycles. The third kappa shape index (κ3) is 3.52. The number of aryl methyl sites for hydroxylation is 1. The SMILES string of the molecule is COc1ccc(C#N)cc1CNc1cc(C)cc(Br)c1. The molecular formula is C16H15BrN2O. The number of benzene rings is 2. The van der Waals surface area contributed by atoms with E-state index in [1.54, 1.807) is 13.2 Å². The molecule has 4 heteroatoms. The number of rotatable bonds is 4. The first-order chi connectivity index (χ1) is 9.62. The van der Waals surface area contributed by atoms with E-state index in [9.17, 15) is 0 Å². The molecule has 0 radical (unpaired) electrons. The highest BCUT2D eigenvalue weighted by Crippen LogP contribution is 2.23. The van der Waals surface area contributed by atoms with Gasteiger partial charge in [0.1, 0.15) is 5.75 Å². The summed E-state index contributed by atoms with van der Waals surface area (Å²) < 4.78 is 6.36. The fraction of sp³-hybridized carbons (Fsp3) is 0.188. The van der Waals surface area contributed by atoms with Crippen LogP contribution in [-0.2, 0) is 6.54 Å². The van der Waals surface area contributed by atoms with Crippen LogP contribution >= 0.6 is 15.9 Å². The van der Waals surface area contributed by atoms with Crippen molar-refractivity contribution >= 4 is 21.6 Å². The third-order valence-electron chi connectivity index (χ3n) is 2.93. The van der Waals surface area contributed by atoms with Crippen molar-refractivity contribution < 1.29 is 4.74 Å². The van der Waals surface area contributed by atoms with E-state index in [0.29, 0.717) is 12.1 Å². The van der Waals surface area contributed by atoms with Crippen molar-refractivity contribution in [3.8, 4) is 11.8 Å². The van der Waals surface area contributed by atoms with Crippen LogP contribution in [0.5, 0.6) is 5.75 Å². The largest absolute Gasteiger partial charge is 0.496 e. The second-order valence-corrected chi connectivity index (χ2v) is 5.42. The number of nitrogens with one attached hydrogen (secondary N) is 1. The highest BCUT2D eigenvalue weighted by Gasteiger charge is 2.05. The van der Waals surface area contributed by atoms with Crippen LogP contribution in [0.3, 0.4) is 0 Å². The van der Waals surface area contributed by atoms with Crippen molar-refractivity contribution in [3.05, 3.63) is 57.6 Å². The molecule has 2 aromatic rings. The van der Waals surface area contributed by atoms with Crippen molar-refractivity contribution in [2.45, 2.75) is 13.5 Å². The van der Waals surface area contributed by atoms with E-state index in [2.05, 4.69) is 39.4 Å². The van der Waals surface area contributed by atoms with E-state index in [1.165, 1.54) is 5.56 Å². The van der Waals surface area contributed by atoms with Crippen LogP contribution in [0, 0.1) is 18.3 Å². The van der Waals surface area contributed by atoms with Gasteiger partial charge in [-0.05, 0) is 48.9 Å². The van der Waals surface area contributed by atoms with Gasteiger partial charge >= 0.3 is 0 Å². The van der Waals surface area contributed by atoms with Gasteiger partial charge in [0, 0.05) is 22.3 Å². The molecule has 0 atom stereocenters. The zero-order valence-corrected chi connectivity index (χ0v) is 13.0. The molecule has 0 saturated heterocycles. The average molecular weight is 331 g/mol. The van der Waals surface area contributed by atoms with Gasteiger partial charge in [0.2, 0.25) is 0 Å². The highest BCUT2D eigenvalue weighted by atomic mass is 79.9. The van der Waals surface area contributed by atoms with Gasteiger partial charge in [0.15, 0.2) is 0 Å². The van der Waals surface area contributed by atoms with Crippen LogP contribution in [0.15, 0.2) is 40.9 Å². The van der Waals surface area contributed by atoms with Crippen molar-refractivity contribution in [1.29, 1.82) is 5.26 Å². The molecule has 0 unspecified atom stereocenters. The van der Waals surface area contributed by atoms with E-state index in [0.717, 1.165) is 21.5 Å². The van der Waals surface area contributed by atoms with Crippen molar-refractivity contribution in [2.24, 2.45) is 0 Å². The molecule has 0 amide bonds. The Balaban J connectivity index is 2.19. The van der Waals surface area contributed by atoms with Crippen LogP contribution in [0.2, 0.25) is 0 Å². The summed E-state index contributed by atoms with van der Waals surface area (Å²) in [4.78, 5) is 0. The molecule has 0 aliphatic heterocycles. The maximum Gasteiger partial charge on any atom is 0.123 e. The summed E-state index contributed by atoms with van der Waals surface area (Å²) in [6, 6.07) is 13.7. The smallest absolute Gasteiger partial charge is 0.123 e. The summed E-state index contributed by atoms with van der Waals surface area (Å²) in [6.07, 6.45) is 0. The summed E-state index contributed by atoms with van der Waals surface area (Å²) in [5.74, 6) is 0.781. The van der Waals surface area contributed by atoms with Gasteiger partial charge in [0.25, 0.3) is 0 Å². The van der Waals surface area contributed by atoms with Crippen LogP contribution in [-0.4, -0.2) is 7.11 Å². The van der Waals surface area contributed by atoms with E-state index in [1.807, 2.05) is 25.1 Å². The molecular weight excluding hydrogens is 316 g/mol. The molecule has 0 spiro atoms. The normalized spacial score (nSPS) is 9.90. The molecule has 0 aromatic heterocycles. The second kappa shape index (κ2) is 6.44. The Bertz CT molecular complexity index is 642. The molecule has 20 heavy (non-hydrogen) atoms. The molecule has 0 saturated carbocycles. The fourth-order valence-electron chi connectivity index (χ4n) is 2.02. The number of hydrogen-bond acceptors (Lipinski definition) is 3. The number of halogens is 1. The Labute approximate surface area is 127 Å². The minimum Gasteiger partial charge on any atom is -0.496 e. The Morgan fingerprint density at radius 2 is 2.05 bits per heavy atom. The molecule has 3 nitrogen and oxygen atoms in total. The van der Waals surface area contributed by atoms with Gasteiger partial charge in [-0.25, -0.2) is 0 Å². The lowest BCUT2D eigenvalue weighted by Crippen LogP contribution is -2.02. The maximum absolute atomic E-state index is 8.97. The molecule has 102 valence electrons. The van der Waals surface area contributed by atoms with Crippen LogP contribution < -0.4 is 10.1 Å². The number of nitriles is 1. The third-order valence-corrected chi connectivity index (χ3v) is 3.39. The summed E-state index contributed by atoms with van der Waals surface area (Å²) in [5.41, 5.74) is 3.80. The Hall–Kier alpha value is -1.99. The first kappa shape index (κ1) is 14.4. The maximum atomic E-state index is 8.97. The van der Waals surface area contributed by atoms with E-state index < -0.39 is 0 Å². The topological polar surface area (TPSA) is 45.0 Å². The van der Waals surface area contributed by atoms with E-state index in [-0.39, 0.29) is 0 Å². The summed E-state index contributed by atoms with van der Waals surface area (Å²) in [6.45, 7) is 2.65. The zero-order chi connectivity index (χ0) is 14.5. The van der Waals surface area contributed by atoms with Crippen LogP contribution in [0.4, 0.5) is 5.69 Å². The van der Waals surface area contributed by atoms with Gasteiger partial charge in [-0.2, -0.15) is 5.26 Å². The number of anilines is 1. The number of nitrogens with zero attached hydrogens (tertiary/aromatic N) is 1. The minimum atomic E-state index is 0.606. The summed E-state index contributed by atoms with van der Waals surface area (Å²) in [7, 11) is 1.63. The standard InChI is InChI=1S/C16H15BrN2O/c1-11-5-14(17)8-15(6-11)19-10-13-7-12(9-18)3-4-16(13)20-2/h3-8,19H,10H2,1-2H3. The highest BCUT2D eigenvalue weighted by molar-refractivity contribution is 9.10.